The molecular formula is C62H38Cl2N6. The molecule has 4 heterocycles. The van der Waals surface area contributed by atoms with Crippen LogP contribution in [0.3, 0.4) is 0 Å². The number of para-hydroxylation sites is 5. The van der Waals surface area contributed by atoms with Crippen LogP contribution >= 0.6 is 23.2 Å². The highest BCUT2D eigenvalue weighted by molar-refractivity contribution is 6.36. The summed E-state index contributed by atoms with van der Waals surface area (Å²) in [5, 5.41) is 1.33. The van der Waals surface area contributed by atoms with Crippen LogP contribution in [0.25, 0.3) is 123 Å². The summed E-state index contributed by atoms with van der Waals surface area (Å²) in [5.41, 5.74) is 20.6. The number of rotatable bonds is 7. The normalized spacial score (nSPS) is 11.9. The average molecular weight is 938 g/mol. The highest BCUT2D eigenvalue weighted by Crippen LogP contribution is 2.41. The van der Waals surface area contributed by atoms with E-state index in [1.54, 1.807) is 0 Å². The molecule has 330 valence electrons. The van der Waals surface area contributed by atoms with Crippen molar-refractivity contribution in [1.82, 2.24) is 27.9 Å². The van der Waals surface area contributed by atoms with Crippen LogP contribution in [-0.4, -0.2) is 27.9 Å². The van der Waals surface area contributed by atoms with Crippen molar-refractivity contribution >= 4 is 78.9 Å². The van der Waals surface area contributed by atoms with Crippen LogP contribution in [0.4, 0.5) is 0 Å². The Balaban J connectivity index is 0.940. The molecule has 0 saturated carbocycles. The van der Waals surface area contributed by atoms with Crippen LogP contribution in [0, 0.1) is 0 Å². The molecule has 0 amide bonds. The van der Waals surface area contributed by atoms with Crippen molar-refractivity contribution in [3.8, 4) is 67.0 Å². The van der Waals surface area contributed by atoms with Crippen LogP contribution in [-0.2, 0) is 0 Å². The number of nitrogens with zero attached hydrogens (tertiary/aromatic N) is 6. The predicted molar refractivity (Wildman–Crippen MR) is 290 cm³/mol. The Kier molecular flexibility index (Phi) is 9.21. The van der Waals surface area contributed by atoms with Gasteiger partial charge in [0.05, 0.1) is 65.6 Å². The summed E-state index contributed by atoms with van der Waals surface area (Å²) >= 11 is 14.3. The summed E-state index contributed by atoms with van der Waals surface area (Å²) < 4.78 is 8.92. The van der Waals surface area contributed by atoms with E-state index in [0.717, 1.165) is 123 Å². The molecule has 4 aromatic heterocycles. The number of hydrogen-bond donors (Lipinski definition) is 0. The van der Waals surface area contributed by atoms with Gasteiger partial charge in [0.15, 0.2) is 0 Å². The largest absolute Gasteiger partial charge is 0.278 e. The molecule has 0 atom stereocenters. The van der Waals surface area contributed by atoms with E-state index in [2.05, 4.69) is 212 Å². The Morgan fingerprint density at radius 3 is 1.33 bits per heavy atom. The molecule has 0 N–H and O–H groups in total. The minimum Gasteiger partial charge on any atom is -0.278 e. The minimum absolute atomic E-state index is 0.652. The average Bonchev–Trinajstić information content (AvgIpc) is 4.17. The third-order valence-electron chi connectivity index (χ3n) is 13.7. The van der Waals surface area contributed by atoms with Crippen LogP contribution in [0.1, 0.15) is 0 Å². The van der Waals surface area contributed by atoms with Gasteiger partial charge < -0.3 is 0 Å². The Bertz CT molecular complexity index is 4300. The number of fused-ring (bicyclic) bond motifs is 10. The van der Waals surface area contributed by atoms with Crippen LogP contribution in [0.5, 0.6) is 0 Å². The molecule has 0 aliphatic carbocycles. The molecule has 0 fully saturated rings. The smallest absolute Gasteiger partial charge is 0.220 e. The minimum atomic E-state index is 0.652. The van der Waals surface area contributed by atoms with Crippen LogP contribution in [0.2, 0.25) is 10.0 Å². The molecule has 14 aromatic rings. The summed E-state index contributed by atoms with van der Waals surface area (Å²) in [4.78, 5) is 10.6. The first-order valence-corrected chi connectivity index (χ1v) is 24.0. The summed E-state index contributed by atoms with van der Waals surface area (Å²) in [6.45, 7) is 0. The molecule has 8 heteroatoms. The zero-order valence-electron chi connectivity index (χ0n) is 37.4. The van der Waals surface area contributed by atoms with Crippen LogP contribution in [0.15, 0.2) is 231 Å². The quantitative estimate of drug-likeness (QED) is 0.160. The lowest BCUT2D eigenvalue weighted by Crippen LogP contribution is -1.97. The van der Waals surface area contributed by atoms with Gasteiger partial charge in [-0.3, -0.25) is 17.9 Å². The van der Waals surface area contributed by atoms with Crippen LogP contribution < -0.4 is 0 Å². The topological polar surface area (TPSA) is 44.5 Å². The van der Waals surface area contributed by atoms with Crippen molar-refractivity contribution in [3.63, 3.8) is 0 Å². The van der Waals surface area contributed by atoms with Crippen molar-refractivity contribution in [1.29, 1.82) is 0 Å². The summed E-state index contributed by atoms with van der Waals surface area (Å²) in [6.07, 6.45) is 0. The number of hydrogen-bond acceptors (Lipinski definition) is 2. The van der Waals surface area contributed by atoms with E-state index < -0.39 is 0 Å². The van der Waals surface area contributed by atoms with Crippen molar-refractivity contribution in [2.24, 2.45) is 0 Å². The predicted octanol–water partition coefficient (Wildman–Crippen LogP) is 16.8. The maximum Gasteiger partial charge on any atom is 0.220 e. The molecule has 10 aromatic carbocycles. The van der Waals surface area contributed by atoms with E-state index >= 15 is 0 Å². The third kappa shape index (κ3) is 6.35. The number of aromatic nitrogens is 6. The molecule has 0 aliphatic heterocycles. The maximum atomic E-state index is 7.24. The van der Waals surface area contributed by atoms with E-state index in [1.807, 2.05) is 36.4 Å². The summed E-state index contributed by atoms with van der Waals surface area (Å²) in [5.74, 6) is 1.59. The second-order valence-corrected chi connectivity index (χ2v) is 18.6. The highest BCUT2D eigenvalue weighted by Gasteiger charge is 2.24. The van der Waals surface area contributed by atoms with Gasteiger partial charge in [-0.1, -0.05) is 175 Å². The second kappa shape index (κ2) is 16.0. The molecule has 0 saturated heterocycles. The van der Waals surface area contributed by atoms with E-state index in [0.29, 0.717) is 10.0 Å². The third-order valence-corrected chi connectivity index (χ3v) is 14.3. The Hall–Kier alpha value is -8.68. The molecule has 0 unspecified atom stereocenters. The van der Waals surface area contributed by atoms with Gasteiger partial charge in [-0.05, 0) is 129 Å². The second-order valence-electron chi connectivity index (χ2n) is 17.8. The lowest BCUT2D eigenvalue weighted by Gasteiger charge is -2.13. The molecular weight excluding hydrogens is 900 g/mol. The van der Waals surface area contributed by atoms with Crippen molar-refractivity contribution in [2.45, 2.75) is 0 Å². The standard InChI is InChI=1S/C62H38Cl2N6/c63-51-22-14-28-57-59(51)68(49-37-45(40-17-6-2-7-18-40)33-46(38-49)41-19-8-3-9-20-41)62-66-54-25-12-21-50(58(54)70(57)62)43-31-29-42(30-32-43)47-34-44(39-15-4-1-5-16-39)35-48(36-47)67-56-27-13-23-52(64)60(56)69-55-26-11-10-24-53(55)65-61(67)69/h1-38H. The zero-order valence-corrected chi connectivity index (χ0v) is 38.9. The molecule has 0 radical (unpaired) electrons. The van der Waals surface area contributed by atoms with Gasteiger partial charge in [0.1, 0.15) is 0 Å². The molecule has 6 nitrogen and oxygen atoms in total. The SMILES string of the molecule is Clc1cccc2c1n(-c1cc(-c3ccccc3)cc(-c3ccccc3)c1)c1nc3cccc(-c4ccc(-c5cc(-c6ccccc6)cc(-n6c7cccc(Cl)c7n7c8ccccc8nc67)c5)cc4)c3n21. The monoisotopic (exact) mass is 936 g/mol. The maximum absolute atomic E-state index is 7.24. The first kappa shape index (κ1) is 40.4. The first-order chi connectivity index (χ1) is 34.5. The van der Waals surface area contributed by atoms with E-state index in [4.69, 9.17) is 33.2 Å². The fourth-order valence-corrected chi connectivity index (χ4v) is 11.0. The first-order valence-electron chi connectivity index (χ1n) is 23.3. The van der Waals surface area contributed by atoms with Gasteiger partial charge in [0.2, 0.25) is 11.6 Å². The molecule has 14 rings (SSSR count). The van der Waals surface area contributed by atoms with E-state index in [-0.39, 0.29) is 0 Å². The zero-order chi connectivity index (χ0) is 46.5. The molecule has 70 heavy (non-hydrogen) atoms. The van der Waals surface area contributed by atoms with Gasteiger partial charge in [-0.25, -0.2) is 9.97 Å². The number of benzene rings is 10. The van der Waals surface area contributed by atoms with Gasteiger partial charge >= 0.3 is 0 Å². The number of halogens is 2. The van der Waals surface area contributed by atoms with Crippen molar-refractivity contribution in [3.05, 3.63) is 241 Å². The molecule has 0 spiro atoms. The lowest BCUT2D eigenvalue weighted by atomic mass is 9.96. The van der Waals surface area contributed by atoms with E-state index in [9.17, 15) is 0 Å². The number of imidazole rings is 4. The van der Waals surface area contributed by atoms with Gasteiger partial charge in [-0.15, -0.1) is 0 Å². The van der Waals surface area contributed by atoms with Gasteiger partial charge in [0.25, 0.3) is 0 Å². The summed E-state index contributed by atoms with van der Waals surface area (Å²) in [6, 6.07) is 80.9. The van der Waals surface area contributed by atoms with Crippen molar-refractivity contribution in [2.75, 3.05) is 0 Å². The highest BCUT2D eigenvalue weighted by atomic mass is 35.5. The fourth-order valence-electron chi connectivity index (χ4n) is 10.5. The van der Waals surface area contributed by atoms with Gasteiger partial charge in [-0.2, -0.15) is 0 Å². The lowest BCUT2D eigenvalue weighted by molar-refractivity contribution is 1.11. The molecule has 0 bridgehead atoms. The Labute approximate surface area is 412 Å². The fraction of sp³-hybridized carbons (Fsp3) is 0. The Morgan fingerprint density at radius 1 is 0.286 bits per heavy atom. The molecule has 0 aliphatic rings. The van der Waals surface area contributed by atoms with E-state index in [1.165, 1.54) is 0 Å². The van der Waals surface area contributed by atoms with Crippen molar-refractivity contribution < 1.29 is 0 Å². The summed E-state index contributed by atoms with van der Waals surface area (Å²) in [7, 11) is 0. The Morgan fingerprint density at radius 2 is 0.714 bits per heavy atom. The van der Waals surface area contributed by atoms with Gasteiger partial charge in [0, 0.05) is 5.56 Å².